The molecule has 3 aromatic carbocycles. The molecule has 37 heavy (non-hydrogen) atoms. The van der Waals surface area contributed by atoms with E-state index in [4.69, 9.17) is 14.2 Å². The minimum Gasteiger partial charge on any atom is -0.497 e. The topological polar surface area (TPSA) is 94.2 Å². The summed E-state index contributed by atoms with van der Waals surface area (Å²) < 4.78 is 44.9. The molecular weight excluding hydrogens is 492 g/mol. The summed E-state index contributed by atoms with van der Waals surface area (Å²) in [6.07, 6.45) is 2.56. The van der Waals surface area contributed by atoms with Crippen LogP contribution in [0.1, 0.15) is 35.6 Å². The number of ether oxygens (including phenoxy) is 3. The number of sulfonamides is 1. The van der Waals surface area contributed by atoms with Crippen molar-refractivity contribution >= 4 is 21.6 Å². The van der Waals surface area contributed by atoms with E-state index in [0.717, 1.165) is 46.0 Å². The van der Waals surface area contributed by atoms with Gasteiger partial charge in [0.15, 0.2) is 0 Å². The van der Waals surface area contributed by atoms with Gasteiger partial charge in [-0.05, 0) is 73.7 Å². The number of nitrogens with zero attached hydrogens (tertiary/aromatic N) is 1. The first-order valence-corrected chi connectivity index (χ1v) is 13.5. The lowest BCUT2D eigenvalue weighted by Crippen LogP contribution is -2.42. The molecule has 4 rings (SSSR count). The van der Waals surface area contributed by atoms with Crippen LogP contribution >= 0.6 is 0 Å². The molecule has 0 saturated heterocycles. The van der Waals surface area contributed by atoms with E-state index in [0.29, 0.717) is 11.5 Å². The SMILES string of the molecule is COc1ccc2c(c1)CCCC2NC(=O)CN(c1cc(OC)ccc1OC)S(=O)(=O)c1ccc(C)cc1. The van der Waals surface area contributed by atoms with E-state index in [1.807, 2.05) is 25.1 Å². The summed E-state index contributed by atoms with van der Waals surface area (Å²) in [6.45, 7) is 1.45. The van der Waals surface area contributed by atoms with Crippen molar-refractivity contribution in [1.29, 1.82) is 0 Å². The van der Waals surface area contributed by atoms with Gasteiger partial charge >= 0.3 is 0 Å². The van der Waals surface area contributed by atoms with Crippen LogP contribution in [0.3, 0.4) is 0 Å². The number of benzene rings is 3. The Labute approximate surface area is 218 Å². The molecule has 1 atom stereocenters. The summed E-state index contributed by atoms with van der Waals surface area (Å²) in [6, 6.07) is 17.0. The van der Waals surface area contributed by atoms with E-state index in [2.05, 4.69) is 5.32 Å². The number of carbonyl (C=O) groups excluding carboxylic acids is 1. The lowest BCUT2D eigenvalue weighted by atomic mass is 9.87. The molecule has 0 aromatic heterocycles. The second kappa shape index (κ2) is 11.1. The van der Waals surface area contributed by atoms with Crippen LogP contribution in [0.2, 0.25) is 0 Å². The van der Waals surface area contributed by atoms with Gasteiger partial charge in [-0.25, -0.2) is 8.42 Å². The predicted molar refractivity (Wildman–Crippen MR) is 142 cm³/mol. The van der Waals surface area contributed by atoms with Crippen molar-refractivity contribution in [1.82, 2.24) is 5.32 Å². The lowest BCUT2D eigenvalue weighted by Gasteiger charge is -2.29. The molecule has 1 aliphatic rings. The van der Waals surface area contributed by atoms with Crippen LogP contribution in [0.4, 0.5) is 5.69 Å². The molecule has 1 N–H and O–H groups in total. The molecule has 1 unspecified atom stereocenters. The van der Waals surface area contributed by atoms with Crippen molar-refractivity contribution in [2.24, 2.45) is 0 Å². The zero-order chi connectivity index (χ0) is 26.6. The molecule has 0 spiro atoms. The van der Waals surface area contributed by atoms with E-state index in [-0.39, 0.29) is 16.6 Å². The quantitative estimate of drug-likeness (QED) is 0.446. The first-order chi connectivity index (χ1) is 17.8. The fourth-order valence-electron chi connectivity index (χ4n) is 4.57. The Balaban J connectivity index is 1.69. The molecular formula is C28H32N2O6S. The van der Waals surface area contributed by atoms with Gasteiger partial charge in [0.05, 0.1) is 38.0 Å². The Morgan fingerprint density at radius 2 is 1.62 bits per heavy atom. The third-order valence-electron chi connectivity index (χ3n) is 6.55. The first-order valence-electron chi connectivity index (χ1n) is 12.0. The van der Waals surface area contributed by atoms with Crippen molar-refractivity contribution in [3.8, 4) is 17.2 Å². The molecule has 0 radical (unpaired) electrons. The highest BCUT2D eigenvalue weighted by Crippen LogP contribution is 2.36. The molecule has 9 heteroatoms. The minimum atomic E-state index is -4.11. The highest BCUT2D eigenvalue weighted by molar-refractivity contribution is 7.92. The first kappa shape index (κ1) is 26.3. The molecule has 196 valence electrons. The Hall–Kier alpha value is -3.72. The molecule has 0 aliphatic heterocycles. The maximum Gasteiger partial charge on any atom is 0.264 e. The third-order valence-corrected chi connectivity index (χ3v) is 8.32. The molecule has 0 fully saturated rings. The molecule has 0 saturated carbocycles. The number of nitrogens with one attached hydrogen (secondary N) is 1. The van der Waals surface area contributed by atoms with Gasteiger partial charge in [0.2, 0.25) is 5.91 Å². The number of hydrogen-bond acceptors (Lipinski definition) is 6. The summed E-state index contributed by atoms with van der Waals surface area (Å²) >= 11 is 0. The Kier molecular flexibility index (Phi) is 7.92. The number of fused-ring (bicyclic) bond motifs is 1. The van der Waals surface area contributed by atoms with Gasteiger partial charge in [0.25, 0.3) is 10.0 Å². The normalized spacial score (nSPS) is 14.9. The van der Waals surface area contributed by atoms with Gasteiger partial charge in [0, 0.05) is 6.07 Å². The van der Waals surface area contributed by atoms with Gasteiger partial charge in [-0.15, -0.1) is 0 Å². The van der Waals surface area contributed by atoms with Crippen LogP contribution < -0.4 is 23.8 Å². The van der Waals surface area contributed by atoms with Crippen LogP contribution in [0.15, 0.2) is 65.6 Å². The maximum atomic E-state index is 13.8. The highest BCUT2D eigenvalue weighted by atomic mass is 32.2. The van der Waals surface area contributed by atoms with Gasteiger partial charge in [-0.1, -0.05) is 23.8 Å². The second-order valence-electron chi connectivity index (χ2n) is 8.94. The van der Waals surface area contributed by atoms with Crippen molar-refractivity contribution in [3.05, 3.63) is 77.4 Å². The van der Waals surface area contributed by atoms with Gasteiger partial charge in [-0.3, -0.25) is 9.10 Å². The number of amides is 1. The van der Waals surface area contributed by atoms with Crippen molar-refractivity contribution < 1.29 is 27.4 Å². The number of methoxy groups -OCH3 is 3. The highest BCUT2D eigenvalue weighted by Gasteiger charge is 2.31. The fraction of sp³-hybridized carbons (Fsp3) is 0.321. The average Bonchev–Trinajstić information content (AvgIpc) is 2.91. The molecule has 3 aromatic rings. The number of carbonyl (C=O) groups is 1. The molecule has 1 aliphatic carbocycles. The summed E-state index contributed by atoms with van der Waals surface area (Å²) in [7, 11) is 0.458. The monoisotopic (exact) mass is 524 g/mol. The molecule has 8 nitrogen and oxygen atoms in total. The number of hydrogen-bond donors (Lipinski definition) is 1. The number of rotatable bonds is 9. The minimum absolute atomic E-state index is 0.0749. The van der Waals surface area contributed by atoms with Gasteiger partial charge in [0.1, 0.15) is 23.8 Å². The molecule has 1 amide bonds. The van der Waals surface area contributed by atoms with Crippen LogP contribution in [0.25, 0.3) is 0 Å². The Bertz CT molecular complexity index is 1370. The van der Waals surface area contributed by atoms with Crippen LogP contribution in [0.5, 0.6) is 17.2 Å². The summed E-state index contributed by atoms with van der Waals surface area (Å²) in [5, 5.41) is 3.05. The third kappa shape index (κ3) is 5.67. The smallest absolute Gasteiger partial charge is 0.264 e. The van der Waals surface area contributed by atoms with Crippen molar-refractivity contribution in [3.63, 3.8) is 0 Å². The van der Waals surface area contributed by atoms with Gasteiger partial charge in [-0.2, -0.15) is 0 Å². The lowest BCUT2D eigenvalue weighted by molar-refractivity contribution is -0.120. The number of anilines is 1. The molecule has 0 bridgehead atoms. The maximum absolute atomic E-state index is 13.8. The van der Waals surface area contributed by atoms with E-state index < -0.39 is 22.5 Å². The van der Waals surface area contributed by atoms with E-state index in [1.54, 1.807) is 37.4 Å². The predicted octanol–water partition coefficient (Wildman–Crippen LogP) is 4.41. The summed E-state index contributed by atoms with van der Waals surface area (Å²) in [4.78, 5) is 13.5. The molecule has 0 heterocycles. The van der Waals surface area contributed by atoms with E-state index in [9.17, 15) is 13.2 Å². The standard InChI is InChI=1S/C28H32N2O6S/c1-19-8-12-23(13-9-19)37(32,33)30(26-17-22(35-3)11-15-27(26)36-4)18-28(31)29-25-7-5-6-20-16-21(34-2)10-14-24(20)25/h8-17,25H,5-7,18H2,1-4H3,(H,29,31). The average molecular weight is 525 g/mol. The Morgan fingerprint density at radius 3 is 2.30 bits per heavy atom. The zero-order valence-electron chi connectivity index (χ0n) is 21.5. The van der Waals surface area contributed by atoms with Crippen LogP contribution in [0, 0.1) is 6.92 Å². The zero-order valence-corrected chi connectivity index (χ0v) is 22.3. The van der Waals surface area contributed by atoms with Crippen molar-refractivity contribution in [2.75, 3.05) is 32.2 Å². The van der Waals surface area contributed by atoms with E-state index in [1.165, 1.54) is 26.4 Å². The van der Waals surface area contributed by atoms with Crippen LogP contribution in [-0.4, -0.2) is 42.2 Å². The number of aryl methyl sites for hydroxylation is 2. The Morgan fingerprint density at radius 1 is 0.946 bits per heavy atom. The largest absolute Gasteiger partial charge is 0.497 e. The van der Waals surface area contributed by atoms with Gasteiger partial charge < -0.3 is 19.5 Å². The van der Waals surface area contributed by atoms with E-state index >= 15 is 0 Å². The second-order valence-corrected chi connectivity index (χ2v) is 10.8. The summed E-state index contributed by atoms with van der Waals surface area (Å²) in [5.41, 5.74) is 3.28. The fourth-order valence-corrected chi connectivity index (χ4v) is 5.99. The van der Waals surface area contributed by atoms with Crippen molar-refractivity contribution in [2.45, 2.75) is 37.1 Å². The van der Waals surface area contributed by atoms with Crippen LogP contribution in [-0.2, 0) is 21.2 Å². The summed E-state index contributed by atoms with van der Waals surface area (Å²) in [5.74, 6) is 1.09.